The van der Waals surface area contributed by atoms with Crippen molar-refractivity contribution in [2.45, 2.75) is 45.6 Å². The smallest absolute Gasteiger partial charge is 0.227 e. The number of aromatic nitrogens is 2. The summed E-state index contributed by atoms with van der Waals surface area (Å²) in [5.74, 6) is 1.26. The molecule has 27 heavy (non-hydrogen) atoms. The van der Waals surface area contributed by atoms with Gasteiger partial charge in [0.25, 0.3) is 0 Å². The number of carbonyl (C=O) groups is 1. The number of hydrogen-bond acceptors (Lipinski definition) is 2. The van der Waals surface area contributed by atoms with Gasteiger partial charge < -0.3 is 9.47 Å². The van der Waals surface area contributed by atoms with Crippen molar-refractivity contribution in [1.82, 2.24) is 9.55 Å². The van der Waals surface area contributed by atoms with Crippen molar-refractivity contribution in [3.05, 3.63) is 58.9 Å². The van der Waals surface area contributed by atoms with Gasteiger partial charge in [-0.25, -0.2) is 4.98 Å². The minimum Gasteiger partial charge on any atom is -0.328 e. The molecule has 0 unspecified atom stereocenters. The van der Waals surface area contributed by atoms with Gasteiger partial charge in [0.05, 0.1) is 11.0 Å². The minimum atomic E-state index is 0.0989. The fraction of sp³-hybridized carbons (Fsp3) is 0.364. The first-order valence-electron chi connectivity index (χ1n) is 9.60. The second-order valence-corrected chi connectivity index (χ2v) is 7.71. The van der Waals surface area contributed by atoms with E-state index in [0.29, 0.717) is 18.0 Å². The molecule has 0 aliphatic carbocycles. The molecule has 1 aliphatic heterocycles. The Kier molecular flexibility index (Phi) is 4.92. The first-order chi connectivity index (χ1) is 13.1. The van der Waals surface area contributed by atoms with Gasteiger partial charge in [-0.2, -0.15) is 0 Å². The third-order valence-electron chi connectivity index (χ3n) is 5.38. The summed E-state index contributed by atoms with van der Waals surface area (Å²) in [6.07, 6.45) is 2.72. The number of unbranched alkanes of at least 4 members (excludes halogenated alkanes) is 1. The predicted molar refractivity (Wildman–Crippen MR) is 111 cm³/mol. The molecule has 140 valence electrons. The van der Waals surface area contributed by atoms with Crippen molar-refractivity contribution in [1.29, 1.82) is 0 Å². The van der Waals surface area contributed by atoms with Crippen LogP contribution in [0.15, 0.2) is 42.5 Å². The summed E-state index contributed by atoms with van der Waals surface area (Å²) in [5, 5.41) is 0.693. The summed E-state index contributed by atoms with van der Waals surface area (Å²) in [6, 6.07) is 14.1. The van der Waals surface area contributed by atoms with Crippen LogP contribution in [0.5, 0.6) is 0 Å². The third kappa shape index (κ3) is 3.34. The summed E-state index contributed by atoms with van der Waals surface area (Å²) < 4.78 is 2.31. The number of rotatable bonds is 5. The van der Waals surface area contributed by atoms with Crippen molar-refractivity contribution >= 4 is 34.2 Å². The molecule has 0 bridgehead atoms. The van der Waals surface area contributed by atoms with E-state index in [0.717, 1.165) is 47.5 Å². The Morgan fingerprint density at radius 2 is 2.04 bits per heavy atom. The third-order valence-corrected chi connectivity index (χ3v) is 5.78. The molecule has 1 saturated heterocycles. The van der Waals surface area contributed by atoms with E-state index in [-0.39, 0.29) is 11.8 Å². The lowest BCUT2D eigenvalue weighted by Gasteiger charge is -2.18. The number of para-hydroxylation sites is 2. The molecule has 0 N–H and O–H groups in total. The number of carbonyl (C=O) groups excluding carboxylic acids is 1. The van der Waals surface area contributed by atoms with Gasteiger partial charge >= 0.3 is 0 Å². The van der Waals surface area contributed by atoms with Gasteiger partial charge in [-0.05, 0) is 43.2 Å². The maximum Gasteiger partial charge on any atom is 0.227 e. The molecular weight excluding hydrogens is 358 g/mol. The van der Waals surface area contributed by atoms with Crippen LogP contribution in [-0.2, 0) is 11.3 Å². The van der Waals surface area contributed by atoms with E-state index in [2.05, 4.69) is 29.7 Å². The van der Waals surface area contributed by atoms with E-state index in [1.165, 1.54) is 0 Å². The van der Waals surface area contributed by atoms with Crippen LogP contribution in [0.4, 0.5) is 5.69 Å². The number of aryl methyl sites for hydroxylation is 2. The van der Waals surface area contributed by atoms with E-state index in [1.54, 1.807) is 0 Å². The Hall–Kier alpha value is -2.33. The second kappa shape index (κ2) is 7.35. The highest BCUT2D eigenvalue weighted by atomic mass is 35.5. The van der Waals surface area contributed by atoms with Gasteiger partial charge in [0.1, 0.15) is 5.82 Å². The molecule has 4 nitrogen and oxygen atoms in total. The Balaban J connectivity index is 1.68. The Morgan fingerprint density at radius 3 is 2.81 bits per heavy atom. The zero-order valence-corrected chi connectivity index (χ0v) is 16.5. The van der Waals surface area contributed by atoms with Gasteiger partial charge in [-0.1, -0.05) is 43.1 Å². The first kappa shape index (κ1) is 18.1. The molecule has 0 spiro atoms. The number of anilines is 1. The van der Waals surface area contributed by atoms with Crippen LogP contribution in [0.3, 0.4) is 0 Å². The largest absolute Gasteiger partial charge is 0.328 e. The van der Waals surface area contributed by atoms with Crippen LogP contribution in [-0.4, -0.2) is 22.0 Å². The van der Waals surface area contributed by atoms with Crippen LogP contribution in [0.25, 0.3) is 11.0 Å². The van der Waals surface area contributed by atoms with Crippen LogP contribution >= 0.6 is 11.6 Å². The van der Waals surface area contributed by atoms with E-state index in [4.69, 9.17) is 16.6 Å². The van der Waals surface area contributed by atoms with E-state index in [1.807, 2.05) is 36.1 Å². The molecule has 3 aromatic rings. The Morgan fingerprint density at radius 1 is 1.22 bits per heavy atom. The normalized spacial score (nSPS) is 17.2. The standard InChI is InChI=1S/C22H24ClN3O/c1-3-4-11-25-20-8-6-5-7-19(20)24-22(25)16-12-21(27)26(14-16)17-10-9-15(2)18(23)13-17/h5-10,13,16H,3-4,11-12,14H2,1-2H3/t16-/m0/s1. The summed E-state index contributed by atoms with van der Waals surface area (Å²) in [4.78, 5) is 19.5. The zero-order valence-electron chi connectivity index (χ0n) is 15.8. The minimum absolute atomic E-state index is 0.0989. The highest BCUT2D eigenvalue weighted by Crippen LogP contribution is 2.34. The molecule has 1 atom stereocenters. The molecule has 1 fully saturated rings. The Bertz CT molecular complexity index is 994. The van der Waals surface area contributed by atoms with Gasteiger partial charge in [-0.3, -0.25) is 4.79 Å². The molecule has 5 heteroatoms. The van der Waals surface area contributed by atoms with Gasteiger partial charge in [0.2, 0.25) is 5.91 Å². The molecule has 1 amide bonds. The number of benzene rings is 2. The molecular formula is C22H24ClN3O. The second-order valence-electron chi connectivity index (χ2n) is 7.30. The topological polar surface area (TPSA) is 38.1 Å². The number of hydrogen-bond donors (Lipinski definition) is 0. The molecule has 0 saturated carbocycles. The molecule has 4 rings (SSSR count). The van der Waals surface area contributed by atoms with Crippen LogP contribution < -0.4 is 4.90 Å². The lowest BCUT2D eigenvalue weighted by Crippen LogP contribution is -2.24. The summed E-state index contributed by atoms with van der Waals surface area (Å²) in [7, 11) is 0. The van der Waals surface area contributed by atoms with Gasteiger partial charge in [-0.15, -0.1) is 0 Å². The monoisotopic (exact) mass is 381 g/mol. The number of fused-ring (bicyclic) bond motifs is 1. The molecule has 1 aromatic heterocycles. The van der Waals surface area contributed by atoms with E-state index >= 15 is 0 Å². The lowest BCUT2D eigenvalue weighted by molar-refractivity contribution is -0.117. The van der Waals surface area contributed by atoms with Crippen LogP contribution in [0, 0.1) is 6.92 Å². The quantitative estimate of drug-likeness (QED) is 0.600. The van der Waals surface area contributed by atoms with Crippen molar-refractivity contribution in [2.24, 2.45) is 0 Å². The number of nitrogens with zero attached hydrogens (tertiary/aromatic N) is 3. The van der Waals surface area contributed by atoms with Crippen molar-refractivity contribution < 1.29 is 4.79 Å². The first-order valence-corrected chi connectivity index (χ1v) is 9.98. The summed E-state index contributed by atoms with van der Waals surface area (Å²) in [6.45, 7) is 5.75. The number of imidazole rings is 1. The number of halogens is 1. The predicted octanol–water partition coefficient (Wildman–Crippen LogP) is 5.32. The molecule has 1 aliphatic rings. The summed E-state index contributed by atoms with van der Waals surface area (Å²) >= 11 is 6.27. The SMILES string of the molecule is CCCCn1c([C@H]2CC(=O)N(c3ccc(C)c(Cl)c3)C2)nc2ccccc21. The van der Waals surface area contributed by atoms with Crippen LogP contribution in [0.1, 0.15) is 43.5 Å². The number of amides is 1. The highest BCUT2D eigenvalue weighted by Gasteiger charge is 2.34. The highest BCUT2D eigenvalue weighted by molar-refractivity contribution is 6.31. The van der Waals surface area contributed by atoms with Crippen molar-refractivity contribution in [3.63, 3.8) is 0 Å². The molecule has 0 radical (unpaired) electrons. The van der Waals surface area contributed by atoms with Gasteiger partial charge in [0.15, 0.2) is 0 Å². The fourth-order valence-electron chi connectivity index (χ4n) is 3.84. The fourth-order valence-corrected chi connectivity index (χ4v) is 4.01. The average molecular weight is 382 g/mol. The lowest BCUT2D eigenvalue weighted by atomic mass is 10.1. The average Bonchev–Trinajstić information content (AvgIpc) is 3.23. The zero-order chi connectivity index (χ0) is 19.0. The van der Waals surface area contributed by atoms with Crippen molar-refractivity contribution in [3.8, 4) is 0 Å². The van der Waals surface area contributed by atoms with E-state index in [9.17, 15) is 4.79 Å². The maximum absolute atomic E-state index is 12.7. The van der Waals surface area contributed by atoms with Crippen molar-refractivity contribution in [2.75, 3.05) is 11.4 Å². The maximum atomic E-state index is 12.7. The Labute approximate surface area is 164 Å². The molecule has 2 heterocycles. The van der Waals surface area contributed by atoms with E-state index < -0.39 is 0 Å². The van der Waals surface area contributed by atoms with Crippen LogP contribution in [0.2, 0.25) is 5.02 Å². The summed E-state index contributed by atoms with van der Waals surface area (Å²) in [5.41, 5.74) is 4.05. The molecule has 2 aromatic carbocycles. The van der Waals surface area contributed by atoms with Gasteiger partial charge in [0, 0.05) is 36.1 Å².